The van der Waals surface area contributed by atoms with Gasteiger partial charge in [0.15, 0.2) is 5.78 Å². The number of carbonyl (C=O) groups excluding carboxylic acids is 1. The molecule has 1 heteroatoms. The average molecular weight is 264 g/mol. The molecule has 1 nitrogen and oxygen atoms in total. The van der Waals surface area contributed by atoms with Gasteiger partial charge in [-0.2, -0.15) is 0 Å². The van der Waals surface area contributed by atoms with E-state index >= 15 is 0 Å². The maximum atomic E-state index is 12.5. The second kappa shape index (κ2) is 6.04. The Morgan fingerprint density at radius 2 is 1.65 bits per heavy atom. The molecule has 1 fully saturated rings. The lowest BCUT2D eigenvalue weighted by atomic mass is 9.77. The first-order chi connectivity index (χ1) is 9.84. The zero-order valence-electron chi connectivity index (χ0n) is 11.7. The number of benzene rings is 2. The highest BCUT2D eigenvalue weighted by Crippen LogP contribution is 2.38. The Balaban J connectivity index is 1.71. The molecule has 3 rings (SSSR count). The van der Waals surface area contributed by atoms with Gasteiger partial charge in [0.25, 0.3) is 0 Å². The number of carbonyl (C=O) groups is 1. The van der Waals surface area contributed by atoms with Crippen molar-refractivity contribution in [1.29, 1.82) is 0 Å². The van der Waals surface area contributed by atoms with Gasteiger partial charge in [-0.1, -0.05) is 61.0 Å². The minimum absolute atomic E-state index is 0.288. The van der Waals surface area contributed by atoms with Crippen LogP contribution in [0.3, 0.4) is 0 Å². The van der Waals surface area contributed by atoms with Gasteiger partial charge < -0.3 is 0 Å². The van der Waals surface area contributed by atoms with E-state index in [0.717, 1.165) is 12.0 Å². The summed E-state index contributed by atoms with van der Waals surface area (Å²) in [5.74, 6) is 0.906. The van der Waals surface area contributed by atoms with Crippen molar-refractivity contribution in [3.05, 3.63) is 71.3 Å². The zero-order chi connectivity index (χ0) is 13.8. The topological polar surface area (TPSA) is 17.1 Å². The molecule has 0 amide bonds. The van der Waals surface area contributed by atoms with E-state index in [1.165, 1.54) is 30.4 Å². The Kier molecular flexibility index (Phi) is 3.96. The molecule has 1 aliphatic carbocycles. The van der Waals surface area contributed by atoms with E-state index < -0.39 is 0 Å². The van der Waals surface area contributed by atoms with Gasteiger partial charge >= 0.3 is 0 Å². The fourth-order valence-corrected chi connectivity index (χ4v) is 2.86. The van der Waals surface area contributed by atoms with Crippen molar-refractivity contribution in [2.24, 2.45) is 0 Å². The van der Waals surface area contributed by atoms with E-state index in [1.54, 1.807) is 0 Å². The molecule has 0 bridgehead atoms. The molecule has 0 heterocycles. The van der Waals surface area contributed by atoms with Crippen LogP contribution >= 0.6 is 0 Å². The van der Waals surface area contributed by atoms with Crippen LogP contribution in [0.4, 0.5) is 0 Å². The first kappa shape index (κ1) is 13.1. The van der Waals surface area contributed by atoms with Crippen molar-refractivity contribution in [1.82, 2.24) is 0 Å². The van der Waals surface area contributed by atoms with Crippen LogP contribution < -0.4 is 0 Å². The third kappa shape index (κ3) is 2.82. The van der Waals surface area contributed by atoms with Crippen molar-refractivity contribution in [3.63, 3.8) is 0 Å². The molecule has 0 N–H and O–H groups in total. The van der Waals surface area contributed by atoms with Gasteiger partial charge in [0.05, 0.1) is 0 Å². The smallest absolute Gasteiger partial charge is 0.163 e. The summed E-state index contributed by atoms with van der Waals surface area (Å²) in [6.45, 7) is 0. The lowest BCUT2D eigenvalue weighted by molar-refractivity contribution is 0.0981. The molecule has 2 aromatic rings. The van der Waals surface area contributed by atoms with Crippen molar-refractivity contribution >= 4 is 5.78 Å². The molecule has 1 aliphatic rings. The van der Waals surface area contributed by atoms with Crippen molar-refractivity contribution < 1.29 is 4.79 Å². The van der Waals surface area contributed by atoms with E-state index in [9.17, 15) is 4.79 Å². The maximum Gasteiger partial charge on any atom is 0.163 e. The van der Waals surface area contributed by atoms with Crippen molar-refractivity contribution in [2.45, 2.75) is 38.0 Å². The third-order valence-corrected chi connectivity index (χ3v) is 4.29. The molecule has 0 saturated heterocycles. The quantitative estimate of drug-likeness (QED) is 0.711. The molecule has 2 aromatic carbocycles. The molecular weight excluding hydrogens is 244 g/mol. The van der Waals surface area contributed by atoms with Crippen LogP contribution in [0.15, 0.2) is 54.6 Å². The Bertz CT molecular complexity index is 582. The Labute approximate surface area is 120 Å². The fraction of sp³-hybridized carbons (Fsp3) is 0.316. The van der Waals surface area contributed by atoms with Crippen LogP contribution in [0, 0.1) is 0 Å². The molecule has 0 spiro atoms. The summed E-state index contributed by atoms with van der Waals surface area (Å²) in [4.78, 5) is 12.5. The van der Waals surface area contributed by atoms with Gasteiger partial charge in [-0.15, -0.1) is 0 Å². The molecule has 1 saturated carbocycles. The number of ketones is 1. The second-order valence-electron chi connectivity index (χ2n) is 5.62. The maximum absolute atomic E-state index is 12.5. The Morgan fingerprint density at radius 1 is 0.950 bits per heavy atom. The number of hydrogen-bond acceptors (Lipinski definition) is 1. The highest BCUT2D eigenvalue weighted by molar-refractivity contribution is 5.97. The van der Waals surface area contributed by atoms with Gasteiger partial charge in [0.2, 0.25) is 0 Å². The van der Waals surface area contributed by atoms with Crippen LogP contribution in [-0.2, 0) is 6.42 Å². The van der Waals surface area contributed by atoms with Crippen LogP contribution in [0.5, 0.6) is 0 Å². The summed E-state index contributed by atoms with van der Waals surface area (Å²) < 4.78 is 0. The van der Waals surface area contributed by atoms with E-state index in [0.29, 0.717) is 12.3 Å². The summed E-state index contributed by atoms with van der Waals surface area (Å²) in [6.07, 6.45) is 5.22. The first-order valence-corrected chi connectivity index (χ1v) is 7.50. The summed E-state index contributed by atoms with van der Waals surface area (Å²) in [5, 5.41) is 0. The van der Waals surface area contributed by atoms with Crippen LogP contribution in [0.1, 0.15) is 53.1 Å². The van der Waals surface area contributed by atoms with Crippen molar-refractivity contribution in [2.75, 3.05) is 0 Å². The molecule has 0 aromatic heterocycles. The fourth-order valence-electron chi connectivity index (χ4n) is 2.86. The van der Waals surface area contributed by atoms with E-state index in [-0.39, 0.29) is 5.78 Å². The van der Waals surface area contributed by atoms with Gasteiger partial charge in [0.1, 0.15) is 0 Å². The third-order valence-electron chi connectivity index (χ3n) is 4.29. The molecule has 20 heavy (non-hydrogen) atoms. The largest absolute Gasteiger partial charge is 0.294 e. The number of hydrogen-bond donors (Lipinski definition) is 0. The Morgan fingerprint density at radius 3 is 2.35 bits per heavy atom. The molecule has 0 unspecified atom stereocenters. The normalized spacial score (nSPS) is 14.8. The van der Waals surface area contributed by atoms with Crippen LogP contribution in [0.2, 0.25) is 0 Å². The highest BCUT2D eigenvalue weighted by atomic mass is 16.1. The van der Waals surface area contributed by atoms with Crippen molar-refractivity contribution in [3.8, 4) is 0 Å². The van der Waals surface area contributed by atoms with Gasteiger partial charge in [-0.3, -0.25) is 4.79 Å². The lowest BCUT2D eigenvalue weighted by Crippen LogP contribution is -2.14. The van der Waals surface area contributed by atoms with E-state index in [1.807, 2.05) is 30.3 Å². The molecule has 0 aliphatic heterocycles. The zero-order valence-corrected chi connectivity index (χ0v) is 11.7. The van der Waals surface area contributed by atoms with E-state index in [2.05, 4.69) is 24.3 Å². The molecule has 102 valence electrons. The second-order valence-corrected chi connectivity index (χ2v) is 5.62. The summed E-state index contributed by atoms with van der Waals surface area (Å²) >= 11 is 0. The Hall–Kier alpha value is -1.89. The number of aryl methyl sites for hydroxylation is 1. The SMILES string of the molecule is O=C(CCc1ccccc1)c1ccccc1C1CCC1. The van der Waals surface area contributed by atoms with Gasteiger partial charge in [-0.25, -0.2) is 0 Å². The summed E-state index contributed by atoms with van der Waals surface area (Å²) in [6, 6.07) is 18.4. The predicted molar refractivity (Wildman–Crippen MR) is 82.1 cm³/mol. The summed E-state index contributed by atoms with van der Waals surface area (Å²) in [5.41, 5.74) is 3.46. The molecule has 0 atom stereocenters. The molecular formula is C19H20O. The average Bonchev–Trinajstić information content (AvgIpc) is 2.45. The first-order valence-electron chi connectivity index (χ1n) is 7.50. The standard InChI is InChI=1S/C19H20O/c20-19(14-13-15-7-2-1-3-8-15)18-12-5-4-11-17(18)16-9-6-10-16/h1-5,7-8,11-12,16H,6,9-10,13-14H2. The summed E-state index contributed by atoms with van der Waals surface area (Å²) in [7, 11) is 0. The lowest BCUT2D eigenvalue weighted by Gasteiger charge is -2.27. The van der Waals surface area contributed by atoms with Crippen LogP contribution in [0.25, 0.3) is 0 Å². The highest BCUT2D eigenvalue weighted by Gasteiger charge is 2.23. The van der Waals surface area contributed by atoms with Gasteiger partial charge in [0, 0.05) is 12.0 Å². The molecule has 0 radical (unpaired) electrons. The van der Waals surface area contributed by atoms with Crippen LogP contribution in [-0.4, -0.2) is 5.78 Å². The van der Waals surface area contributed by atoms with E-state index in [4.69, 9.17) is 0 Å². The predicted octanol–water partition coefficient (Wildman–Crippen LogP) is 4.77. The number of rotatable bonds is 5. The minimum atomic E-state index is 0.288. The number of Topliss-reactive ketones (excluding diaryl/α,β-unsaturated/α-hetero) is 1. The monoisotopic (exact) mass is 264 g/mol. The van der Waals surface area contributed by atoms with Gasteiger partial charge in [-0.05, 0) is 36.3 Å². The minimum Gasteiger partial charge on any atom is -0.294 e.